The summed E-state index contributed by atoms with van der Waals surface area (Å²) < 4.78 is 39.4. The van der Waals surface area contributed by atoms with Crippen LogP contribution in [0.15, 0.2) is 42.5 Å². The number of fused-ring (bicyclic) bond motifs is 1. The molecule has 2 aromatic rings. The Morgan fingerprint density at radius 2 is 1.73 bits per heavy atom. The van der Waals surface area contributed by atoms with Crippen LogP contribution < -0.4 is 4.90 Å². The number of aliphatic hydroxyl groups excluding tert-OH is 1. The molecule has 0 bridgehead atoms. The number of halogens is 3. The summed E-state index contributed by atoms with van der Waals surface area (Å²) in [6.07, 6.45) is -2.17. The molecule has 2 saturated heterocycles. The number of β-amino-alcohol motifs (C(OH)–C–C–N with tert-alkyl or cyclic N) is 1. The fraction of sp³-hybridized carbons (Fsp3) is 0.444. The van der Waals surface area contributed by atoms with Crippen LogP contribution in [0.2, 0.25) is 0 Å². The van der Waals surface area contributed by atoms with E-state index in [1.165, 1.54) is 12.1 Å². The first kappa shape index (κ1) is 25.3. The van der Waals surface area contributed by atoms with Crippen molar-refractivity contribution in [2.45, 2.75) is 44.5 Å². The first-order valence-corrected chi connectivity index (χ1v) is 12.5. The van der Waals surface area contributed by atoms with E-state index in [2.05, 4.69) is 0 Å². The number of carbonyl (C=O) groups is 3. The van der Waals surface area contributed by atoms with Crippen molar-refractivity contribution in [1.82, 2.24) is 9.80 Å². The molecular formula is C27H28F3N3O4. The molecule has 2 fully saturated rings. The lowest BCUT2D eigenvalue weighted by Crippen LogP contribution is -2.49. The Morgan fingerprint density at radius 3 is 2.49 bits per heavy atom. The van der Waals surface area contributed by atoms with Crippen molar-refractivity contribution < 1.29 is 32.7 Å². The molecule has 7 nitrogen and oxygen atoms in total. The molecule has 3 aliphatic heterocycles. The number of benzene rings is 2. The van der Waals surface area contributed by atoms with Gasteiger partial charge in [0, 0.05) is 26.2 Å². The smallest absolute Gasteiger partial charge is 0.391 e. The Morgan fingerprint density at radius 1 is 0.973 bits per heavy atom. The molecule has 10 heteroatoms. The molecule has 0 radical (unpaired) electrons. The summed E-state index contributed by atoms with van der Waals surface area (Å²) in [5, 5.41) is 9.97. The highest BCUT2D eigenvalue weighted by Crippen LogP contribution is 2.36. The first-order chi connectivity index (χ1) is 17.6. The van der Waals surface area contributed by atoms with Crippen LogP contribution in [-0.2, 0) is 17.5 Å². The SMILES string of the molecule is O=C([C@H]1CCCN(c2cccc3c2C(=O)N(Cc2cccc(C(F)(F)F)c2)C3=O)C1)N1CCC[C@@H](O)C1. The third kappa shape index (κ3) is 4.94. The van der Waals surface area contributed by atoms with Crippen molar-refractivity contribution in [3.05, 3.63) is 64.7 Å². The van der Waals surface area contributed by atoms with Gasteiger partial charge in [0.1, 0.15) is 0 Å². The number of piperidine rings is 2. The van der Waals surface area contributed by atoms with Gasteiger partial charge < -0.3 is 14.9 Å². The largest absolute Gasteiger partial charge is 0.416 e. The van der Waals surface area contributed by atoms with Gasteiger partial charge in [0.05, 0.1) is 40.9 Å². The summed E-state index contributed by atoms with van der Waals surface area (Å²) in [6.45, 7) is 1.67. The number of hydrogen-bond acceptors (Lipinski definition) is 5. The van der Waals surface area contributed by atoms with Crippen LogP contribution in [0.25, 0.3) is 0 Å². The fourth-order valence-corrected chi connectivity index (χ4v) is 5.56. The molecule has 37 heavy (non-hydrogen) atoms. The second-order valence-electron chi connectivity index (χ2n) is 9.96. The van der Waals surface area contributed by atoms with Gasteiger partial charge in [-0.2, -0.15) is 13.2 Å². The zero-order chi connectivity index (χ0) is 26.3. The van der Waals surface area contributed by atoms with E-state index in [-0.39, 0.29) is 35.1 Å². The summed E-state index contributed by atoms with van der Waals surface area (Å²) in [5.74, 6) is -1.40. The minimum Gasteiger partial charge on any atom is -0.391 e. The number of aliphatic hydroxyl groups is 1. The van der Waals surface area contributed by atoms with Crippen molar-refractivity contribution in [1.29, 1.82) is 0 Å². The second kappa shape index (κ2) is 9.81. The lowest BCUT2D eigenvalue weighted by Gasteiger charge is -2.38. The van der Waals surface area contributed by atoms with Crippen LogP contribution in [-0.4, -0.2) is 64.9 Å². The number of anilines is 1. The molecular weight excluding hydrogens is 487 g/mol. The maximum Gasteiger partial charge on any atom is 0.416 e. The highest BCUT2D eigenvalue weighted by atomic mass is 19.4. The maximum atomic E-state index is 13.4. The Bertz CT molecular complexity index is 1230. The van der Waals surface area contributed by atoms with E-state index in [0.29, 0.717) is 44.7 Å². The van der Waals surface area contributed by atoms with Crippen LogP contribution in [0.5, 0.6) is 0 Å². The number of amides is 3. The molecule has 2 aromatic carbocycles. The molecule has 0 saturated carbocycles. The van der Waals surface area contributed by atoms with Gasteiger partial charge >= 0.3 is 6.18 Å². The van der Waals surface area contributed by atoms with Crippen molar-refractivity contribution >= 4 is 23.4 Å². The number of rotatable bonds is 4. The molecule has 0 spiro atoms. The number of likely N-dealkylation sites (tertiary alicyclic amines) is 1. The minimum atomic E-state index is -4.53. The molecule has 0 aliphatic carbocycles. The van der Waals surface area contributed by atoms with Crippen LogP contribution in [0.1, 0.15) is 57.5 Å². The molecule has 2 atom stereocenters. The predicted molar refractivity (Wildman–Crippen MR) is 129 cm³/mol. The standard InChI is InChI=1S/C27H28F3N3O4/c28-27(29,30)19-7-1-5-17(13-19)14-33-25(36)21-9-2-10-22(23(21)26(33)37)31-11-3-6-18(15-31)24(35)32-12-4-8-20(34)16-32/h1-2,5,7,9-10,13,18,20,34H,3-4,6,8,11-12,14-16H2/t18-,20+/m0/s1. The second-order valence-corrected chi connectivity index (χ2v) is 9.96. The van der Waals surface area contributed by atoms with Gasteiger partial charge in [0.2, 0.25) is 5.91 Å². The normalized spacial score (nSPS) is 22.4. The maximum absolute atomic E-state index is 13.4. The van der Waals surface area contributed by atoms with E-state index < -0.39 is 29.7 Å². The third-order valence-corrected chi connectivity index (χ3v) is 7.39. The van der Waals surface area contributed by atoms with Gasteiger partial charge in [-0.3, -0.25) is 19.3 Å². The zero-order valence-corrected chi connectivity index (χ0v) is 20.2. The average Bonchev–Trinajstić information content (AvgIpc) is 3.13. The van der Waals surface area contributed by atoms with E-state index in [9.17, 15) is 32.7 Å². The quantitative estimate of drug-likeness (QED) is 0.629. The van der Waals surface area contributed by atoms with Crippen molar-refractivity contribution in [2.24, 2.45) is 5.92 Å². The van der Waals surface area contributed by atoms with Gasteiger partial charge in [-0.25, -0.2) is 0 Å². The van der Waals surface area contributed by atoms with Crippen molar-refractivity contribution in [3.8, 4) is 0 Å². The molecule has 196 valence electrons. The lowest BCUT2D eigenvalue weighted by molar-refractivity contribution is -0.139. The molecule has 1 N–H and O–H groups in total. The van der Waals surface area contributed by atoms with E-state index in [4.69, 9.17) is 0 Å². The number of hydrogen-bond donors (Lipinski definition) is 1. The molecule has 0 aromatic heterocycles. The molecule has 3 aliphatic rings. The van der Waals surface area contributed by atoms with Crippen LogP contribution in [0.3, 0.4) is 0 Å². The number of alkyl halides is 3. The van der Waals surface area contributed by atoms with E-state index in [0.717, 1.165) is 29.9 Å². The molecule has 3 heterocycles. The van der Waals surface area contributed by atoms with Gasteiger partial charge in [0.15, 0.2) is 0 Å². The number of imide groups is 1. The molecule has 3 amide bonds. The summed E-state index contributed by atoms with van der Waals surface area (Å²) in [6, 6.07) is 9.58. The van der Waals surface area contributed by atoms with E-state index >= 15 is 0 Å². The van der Waals surface area contributed by atoms with Gasteiger partial charge in [-0.05, 0) is 55.5 Å². The van der Waals surface area contributed by atoms with E-state index in [1.807, 2.05) is 4.90 Å². The summed E-state index contributed by atoms with van der Waals surface area (Å²) in [7, 11) is 0. The van der Waals surface area contributed by atoms with Gasteiger partial charge in [-0.15, -0.1) is 0 Å². The predicted octanol–water partition coefficient (Wildman–Crippen LogP) is 3.70. The van der Waals surface area contributed by atoms with Crippen molar-refractivity contribution in [2.75, 3.05) is 31.1 Å². The fourth-order valence-electron chi connectivity index (χ4n) is 5.56. The Labute approximate surface area is 212 Å². The molecule has 5 rings (SSSR count). The third-order valence-electron chi connectivity index (χ3n) is 7.39. The highest BCUT2D eigenvalue weighted by molar-refractivity contribution is 6.23. The Balaban J connectivity index is 1.36. The average molecular weight is 516 g/mol. The van der Waals surface area contributed by atoms with Crippen LogP contribution in [0, 0.1) is 5.92 Å². The van der Waals surface area contributed by atoms with Crippen LogP contribution >= 0.6 is 0 Å². The first-order valence-electron chi connectivity index (χ1n) is 12.5. The molecule has 0 unspecified atom stereocenters. The topological polar surface area (TPSA) is 81.2 Å². The Kier molecular flexibility index (Phi) is 6.70. The highest BCUT2D eigenvalue weighted by Gasteiger charge is 2.40. The summed E-state index contributed by atoms with van der Waals surface area (Å²) in [5.41, 5.74) is 0.354. The summed E-state index contributed by atoms with van der Waals surface area (Å²) in [4.78, 5) is 44.3. The van der Waals surface area contributed by atoms with E-state index in [1.54, 1.807) is 23.1 Å². The number of nitrogens with zero attached hydrogens (tertiary/aromatic N) is 3. The van der Waals surface area contributed by atoms with Crippen molar-refractivity contribution in [3.63, 3.8) is 0 Å². The van der Waals surface area contributed by atoms with Crippen LogP contribution in [0.4, 0.5) is 18.9 Å². The number of carbonyl (C=O) groups excluding carboxylic acids is 3. The minimum absolute atomic E-state index is 0.00963. The monoisotopic (exact) mass is 515 g/mol. The Hall–Kier alpha value is -3.40. The van der Waals surface area contributed by atoms with Gasteiger partial charge in [0.25, 0.3) is 11.8 Å². The van der Waals surface area contributed by atoms with Gasteiger partial charge in [-0.1, -0.05) is 18.2 Å². The lowest BCUT2D eigenvalue weighted by atomic mass is 9.94. The summed E-state index contributed by atoms with van der Waals surface area (Å²) >= 11 is 0. The zero-order valence-electron chi connectivity index (χ0n) is 20.2.